The second kappa shape index (κ2) is 6.60. The molecule has 2 aromatic carbocycles. The van der Waals surface area contributed by atoms with Gasteiger partial charge in [0, 0.05) is 11.3 Å². The maximum absolute atomic E-state index is 12.2. The monoisotopic (exact) mass is 361 g/mol. The fourth-order valence-electron chi connectivity index (χ4n) is 3.28. The smallest absolute Gasteiger partial charge is 0.248 e. The lowest BCUT2D eigenvalue weighted by atomic mass is 9.95. The molecule has 1 amide bonds. The van der Waals surface area contributed by atoms with Crippen LogP contribution < -0.4 is 15.8 Å². The van der Waals surface area contributed by atoms with Crippen LogP contribution in [0.15, 0.2) is 65.9 Å². The highest BCUT2D eigenvalue weighted by Gasteiger charge is 2.33. The van der Waals surface area contributed by atoms with Crippen LogP contribution in [0.1, 0.15) is 18.5 Å². The van der Waals surface area contributed by atoms with Crippen molar-refractivity contribution in [3.63, 3.8) is 0 Å². The van der Waals surface area contributed by atoms with Gasteiger partial charge in [-0.25, -0.2) is 4.68 Å². The number of hydrogen-bond donors (Lipinski definition) is 2. The van der Waals surface area contributed by atoms with E-state index in [1.807, 2.05) is 61.5 Å². The summed E-state index contributed by atoms with van der Waals surface area (Å²) >= 11 is 0. The molecule has 7 heteroatoms. The third-order valence-electron chi connectivity index (χ3n) is 4.58. The van der Waals surface area contributed by atoms with Gasteiger partial charge in [0.05, 0.1) is 12.7 Å². The van der Waals surface area contributed by atoms with Gasteiger partial charge >= 0.3 is 0 Å². The van der Waals surface area contributed by atoms with Gasteiger partial charge in [0.25, 0.3) is 0 Å². The zero-order valence-corrected chi connectivity index (χ0v) is 15.0. The number of ether oxygens (including phenoxy) is 1. The lowest BCUT2D eigenvalue weighted by Gasteiger charge is -2.27. The summed E-state index contributed by atoms with van der Waals surface area (Å²) < 4.78 is 6.91. The van der Waals surface area contributed by atoms with E-state index in [-0.39, 0.29) is 0 Å². The van der Waals surface area contributed by atoms with E-state index in [0.717, 1.165) is 16.9 Å². The number of benzene rings is 2. The molecule has 0 bridgehead atoms. The highest BCUT2D eigenvalue weighted by atomic mass is 16.5. The summed E-state index contributed by atoms with van der Waals surface area (Å²) in [5.41, 5.74) is 8.60. The summed E-state index contributed by atoms with van der Waals surface area (Å²) in [4.78, 5) is 16.8. The fourth-order valence-corrected chi connectivity index (χ4v) is 3.28. The molecule has 3 N–H and O–H groups in total. The number of rotatable bonds is 4. The van der Waals surface area contributed by atoms with Crippen LogP contribution in [0.2, 0.25) is 0 Å². The standard InChI is InChI=1S/C20H19N5O2/c1-12-16(18(21)26)17(13-6-4-3-5-7-13)25-20(22-12)23-19(24-25)14-8-10-15(27-2)11-9-14/h3-11,17H,1-2H3,(H2,21,26)(H,22,23,24)/t17-/m0/s1. The van der Waals surface area contributed by atoms with E-state index in [2.05, 4.69) is 15.4 Å². The number of fused-ring (bicyclic) bond motifs is 1. The van der Waals surface area contributed by atoms with E-state index in [1.54, 1.807) is 11.8 Å². The first-order valence-corrected chi connectivity index (χ1v) is 8.52. The third-order valence-corrected chi connectivity index (χ3v) is 4.58. The number of carbonyl (C=O) groups is 1. The Morgan fingerprint density at radius 2 is 1.85 bits per heavy atom. The molecule has 0 unspecified atom stereocenters. The summed E-state index contributed by atoms with van der Waals surface area (Å²) in [6.07, 6.45) is 0. The zero-order chi connectivity index (χ0) is 19.0. The average molecular weight is 361 g/mol. The SMILES string of the molecule is COc1ccc(-c2nc3n(n2)[C@@H](c2ccccc2)C(C(N)=O)=C(C)N3)cc1. The van der Waals surface area contributed by atoms with Crippen LogP contribution in [0, 0.1) is 0 Å². The predicted molar refractivity (Wildman–Crippen MR) is 102 cm³/mol. The Morgan fingerprint density at radius 1 is 1.15 bits per heavy atom. The number of nitrogens with one attached hydrogen (secondary N) is 1. The molecule has 0 saturated heterocycles. The number of aromatic nitrogens is 3. The fraction of sp³-hybridized carbons (Fsp3) is 0.150. The van der Waals surface area contributed by atoms with Gasteiger partial charge in [0.1, 0.15) is 11.8 Å². The number of primary amides is 1. The maximum atomic E-state index is 12.2. The summed E-state index contributed by atoms with van der Waals surface area (Å²) in [6, 6.07) is 16.7. The Kier molecular flexibility index (Phi) is 4.12. The van der Waals surface area contributed by atoms with E-state index in [4.69, 9.17) is 10.5 Å². The average Bonchev–Trinajstić information content (AvgIpc) is 3.11. The molecule has 0 radical (unpaired) electrons. The molecule has 1 aliphatic heterocycles. The van der Waals surface area contributed by atoms with Gasteiger partial charge < -0.3 is 15.8 Å². The number of methoxy groups -OCH3 is 1. The molecular weight excluding hydrogens is 342 g/mol. The number of anilines is 1. The number of nitrogens with zero attached hydrogens (tertiary/aromatic N) is 3. The molecule has 27 heavy (non-hydrogen) atoms. The van der Waals surface area contributed by atoms with Gasteiger partial charge in [-0.3, -0.25) is 4.79 Å². The van der Waals surface area contributed by atoms with E-state index in [1.165, 1.54) is 0 Å². The highest BCUT2D eigenvalue weighted by Crippen LogP contribution is 2.36. The quantitative estimate of drug-likeness (QED) is 0.745. The molecule has 1 aromatic heterocycles. The number of nitrogens with two attached hydrogens (primary N) is 1. The molecule has 0 spiro atoms. The van der Waals surface area contributed by atoms with Gasteiger partial charge in [-0.05, 0) is 36.8 Å². The summed E-state index contributed by atoms with van der Waals surface area (Å²) in [5, 5.41) is 7.81. The van der Waals surface area contributed by atoms with Crippen molar-refractivity contribution in [2.75, 3.05) is 12.4 Å². The second-order valence-corrected chi connectivity index (χ2v) is 6.27. The topological polar surface area (TPSA) is 95.1 Å². The predicted octanol–water partition coefficient (Wildman–Crippen LogP) is 2.73. The minimum absolute atomic E-state index is 0.431. The largest absolute Gasteiger partial charge is 0.497 e. The van der Waals surface area contributed by atoms with E-state index in [9.17, 15) is 4.79 Å². The van der Waals surface area contributed by atoms with Crippen molar-refractivity contribution in [1.82, 2.24) is 14.8 Å². The second-order valence-electron chi connectivity index (χ2n) is 6.27. The van der Waals surface area contributed by atoms with Crippen molar-refractivity contribution in [2.24, 2.45) is 5.73 Å². The van der Waals surface area contributed by atoms with Crippen LogP contribution >= 0.6 is 0 Å². The van der Waals surface area contributed by atoms with Crippen LogP contribution in [-0.2, 0) is 4.79 Å². The molecule has 0 saturated carbocycles. The van der Waals surface area contributed by atoms with Gasteiger partial charge in [-0.15, -0.1) is 5.10 Å². The summed E-state index contributed by atoms with van der Waals surface area (Å²) in [5.74, 6) is 1.40. The number of carbonyl (C=O) groups excluding carboxylic acids is 1. The zero-order valence-electron chi connectivity index (χ0n) is 15.0. The van der Waals surface area contributed by atoms with Gasteiger partial charge in [-0.1, -0.05) is 30.3 Å². The van der Waals surface area contributed by atoms with E-state index >= 15 is 0 Å². The minimum Gasteiger partial charge on any atom is -0.497 e. The third kappa shape index (κ3) is 2.93. The van der Waals surface area contributed by atoms with Crippen molar-refractivity contribution >= 4 is 11.9 Å². The first kappa shape index (κ1) is 16.8. The van der Waals surface area contributed by atoms with Crippen molar-refractivity contribution in [2.45, 2.75) is 13.0 Å². The molecule has 3 aromatic rings. The molecule has 0 fully saturated rings. The lowest BCUT2D eigenvalue weighted by Crippen LogP contribution is -2.31. The van der Waals surface area contributed by atoms with Crippen molar-refractivity contribution in [1.29, 1.82) is 0 Å². The van der Waals surface area contributed by atoms with E-state index < -0.39 is 11.9 Å². The maximum Gasteiger partial charge on any atom is 0.248 e. The van der Waals surface area contributed by atoms with Gasteiger partial charge in [0.2, 0.25) is 11.9 Å². The van der Waals surface area contributed by atoms with Crippen LogP contribution in [0.4, 0.5) is 5.95 Å². The van der Waals surface area contributed by atoms with Crippen molar-refractivity contribution in [3.8, 4) is 17.1 Å². The van der Waals surface area contributed by atoms with Gasteiger partial charge in [-0.2, -0.15) is 4.98 Å². The van der Waals surface area contributed by atoms with Crippen LogP contribution in [-0.4, -0.2) is 27.8 Å². The summed E-state index contributed by atoms with van der Waals surface area (Å²) in [7, 11) is 1.62. The molecule has 7 nitrogen and oxygen atoms in total. The highest BCUT2D eigenvalue weighted by molar-refractivity contribution is 5.95. The first-order chi connectivity index (χ1) is 13.1. The molecule has 1 aliphatic rings. The van der Waals surface area contributed by atoms with E-state index in [0.29, 0.717) is 23.0 Å². The molecule has 0 aliphatic carbocycles. The molecular formula is C20H19N5O2. The Morgan fingerprint density at radius 3 is 2.48 bits per heavy atom. The summed E-state index contributed by atoms with van der Waals surface area (Å²) in [6.45, 7) is 1.82. The molecule has 4 rings (SSSR count). The lowest BCUT2D eigenvalue weighted by molar-refractivity contribution is -0.115. The minimum atomic E-state index is -0.485. The van der Waals surface area contributed by atoms with Crippen molar-refractivity contribution in [3.05, 3.63) is 71.4 Å². The normalized spacial score (nSPS) is 15.9. The number of allylic oxidation sites excluding steroid dienone is 1. The van der Waals surface area contributed by atoms with Crippen LogP contribution in [0.5, 0.6) is 5.75 Å². The number of amides is 1. The van der Waals surface area contributed by atoms with Crippen molar-refractivity contribution < 1.29 is 9.53 Å². The Hall–Kier alpha value is -3.61. The number of hydrogen-bond acceptors (Lipinski definition) is 5. The molecule has 2 heterocycles. The first-order valence-electron chi connectivity index (χ1n) is 8.52. The Bertz CT molecular complexity index is 1020. The van der Waals surface area contributed by atoms with Gasteiger partial charge in [0.15, 0.2) is 5.82 Å². The van der Waals surface area contributed by atoms with Crippen LogP contribution in [0.3, 0.4) is 0 Å². The molecule has 136 valence electrons. The Labute approximate surface area is 156 Å². The Balaban J connectivity index is 1.83. The van der Waals surface area contributed by atoms with Crippen LogP contribution in [0.25, 0.3) is 11.4 Å². The molecule has 1 atom stereocenters.